The molecule has 1 fully saturated rings. The SMILES string of the molecule is COc1ccccc1C(=O)N1CCCN(C(=O)Nc2ccccc2)CC1. The number of para-hydroxylation sites is 2. The number of nitrogens with zero attached hydrogens (tertiary/aromatic N) is 2. The normalized spacial score (nSPS) is 14.5. The van der Waals surface area contributed by atoms with E-state index in [0.717, 1.165) is 12.1 Å². The number of ether oxygens (including phenoxy) is 1. The monoisotopic (exact) mass is 353 g/mol. The van der Waals surface area contributed by atoms with E-state index in [4.69, 9.17) is 4.74 Å². The molecule has 3 amide bonds. The first kappa shape index (κ1) is 17.8. The number of rotatable bonds is 3. The third-order valence-corrected chi connectivity index (χ3v) is 4.43. The summed E-state index contributed by atoms with van der Waals surface area (Å²) in [5, 5.41) is 2.90. The van der Waals surface area contributed by atoms with Gasteiger partial charge in [0, 0.05) is 31.9 Å². The molecule has 26 heavy (non-hydrogen) atoms. The fraction of sp³-hybridized carbons (Fsp3) is 0.300. The van der Waals surface area contributed by atoms with E-state index in [1.807, 2.05) is 42.5 Å². The number of hydrogen-bond acceptors (Lipinski definition) is 3. The van der Waals surface area contributed by atoms with Crippen molar-refractivity contribution in [3.05, 3.63) is 60.2 Å². The number of nitrogens with one attached hydrogen (secondary N) is 1. The first-order valence-corrected chi connectivity index (χ1v) is 8.72. The number of carbonyl (C=O) groups is 2. The fourth-order valence-corrected chi connectivity index (χ4v) is 3.04. The molecule has 1 aliphatic heterocycles. The summed E-state index contributed by atoms with van der Waals surface area (Å²) in [6, 6.07) is 16.5. The zero-order valence-corrected chi connectivity index (χ0v) is 14.9. The van der Waals surface area contributed by atoms with E-state index in [2.05, 4.69) is 5.32 Å². The van der Waals surface area contributed by atoms with Crippen LogP contribution in [0.5, 0.6) is 5.75 Å². The predicted octanol–water partition coefficient (Wildman–Crippen LogP) is 3.08. The summed E-state index contributed by atoms with van der Waals surface area (Å²) in [5.41, 5.74) is 1.32. The predicted molar refractivity (Wildman–Crippen MR) is 101 cm³/mol. The van der Waals surface area contributed by atoms with Gasteiger partial charge in [0.05, 0.1) is 12.7 Å². The second kappa shape index (κ2) is 8.38. The molecule has 1 aliphatic rings. The van der Waals surface area contributed by atoms with Crippen LogP contribution in [0.4, 0.5) is 10.5 Å². The van der Waals surface area contributed by atoms with Crippen LogP contribution >= 0.6 is 0 Å². The Morgan fingerprint density at radius 3 is 2.31 bits per heavy atom. The van der Waals surface area contributed by atoms with Crippen molar-refractivity contribution in [2.45, 2.75) is 6.42 Å². The Labute approximate surface area is 153 Å². The highest BCUT2D eigenvalue weighted by atomic mass is 16.5. The number of methoxy groups -OCH3 is 1. The highest BCUT2D eigenvalue weighted by Gasteiger charge is 2.24. The van der Waals surface area contributed by atoms with Crippen LogP contribution in [0.1, 0.15) is 16.8 Å². The van der Waals surface area contributed by atoms with Crippen LogP contribution in [-0.4, -0.2) is 55.0 Å². The summed E-state index contributed by atoms with van der Waals surface area (Å²) in [4.78, 5) is 28.8. The number of amides is 3. The third kappa shape index (κ3) is 4.14. The molecule has 1 heterocycles. The summed E-state index contributed by atoms with van der Waals surface area (Å²) in [6.07, 6.45) is 0.739. The van der Waals surface area contributed by atoms with Gasteiger partial charge >= 0.3 is 6.03 Å². The standard InChI is InChI=1S/C20H23N3O3/c1-26-18-11-6-5-10-17(18)19(24)22-12-7-13-23(15-14-22)20(25)21-16-8-3-2-4-9-16/h2-6,8-11H,7,12-15H2,1H3,(H,21,25). The first-order valence-electron chi connectivity index (χ1n) is 8.72. The van der Waals surface area contributed by atoms with Gasteiger partial charge in [-0.1, -0.05) is 30.3 Å². The summed E-state index contributed by atoms with van der Waals surface area (Å²) < 4.78 is 5.29. The summed E-state index contributed by atoms with van der Waals surface area (Å²) in [5.74, 6) is 0.508. The van der Waals surface area contributed by atoms with E-state index >= 15 is 0 Å². The molecule has 3 rings (SSSR count). The lowest BCUT2D eigenvalue weighted by atomic mass is 10.1. The number of benzene rings is 2. The minimum Gasteiger partial charge on any atom is -0.496 e. The van der Waals surface area contributed by atoms with Crippen LogP contribution in [0.15, 0.2) is 54.6 Å². The second-order valence-corrected chi connectivity index (χ2v) is 6.13. The van der Waals surface area contributed by atoms with Gasteiger partial charge in [-0.15, -0.1) is 0 Å². The van der Waals surface area contributed by atoms with Crippen LogP contribution < -0.4 is 10.1 Å². The molecule has 0 aromatic heterocycles. The van der Waals surface area contributed by atoms with Crippen LogP contribution in [0.25, 0.3) is 0 Å². The lowest BCUT2D eigenvalue weighted by Crippen LogP contribution is -2.39. The van der Waals surface area contributed by atoms with Gasteiger partial charge in [-0.3, -0.25) is 4.79 Å². The van der Waals surface area contributed by atoms with Crippen LogP contribution in [0.3, 0.4) is 0 Å². The molecule has 0 unspecified atom stereocenters. The van der Waals surface area contributed by atoms with E-state index in [0.29, 0.717) is 37.5 Å². The molecule has 0 atom stereocenters. The molecule has 136 valence electrons. The average molecular weight is 353 g/mol. The zero-order valence-electron chi connectivity index (χ0n) is 14.9. The van der Waals surface area contributed by atoms with E-state index in [1.54, 1.807) is 29.0 Å². The quantitative estimate of drug-likeness (QED) is 0.922. The summed E-state index contributed by atoms with van der Waals surface area (Å²) in [7, 11) is 1.56. The number of hydrogen-bond donors (Lipinski definition) is 1. The van der Waals surface area contributed by atoms with Gasteiger partial charge in [0.2, 0.25) is 0 Å². The Kier molecular flexibility index (Phi) is 5.73. The molecule has 0 aliphatic carbocycles. The van der Waals surface area contributed by atoms with Gasteiger partial charge in [-0.2, -0.15) is 0 Å². The van der Waals surface area contributed by atoms with Gasteiger partial charge in [-0.25, -0.2) is 4.79 Å². The third-order valence-electron chi connectivity index (χ3n) is 4.43. The fourth-order valence-electron chi connectivity index (χ4n) is 3.04. The minimum atomic E-state index is -0.136. The van der Waals surface area contributed by atoms with Gasteiger partial charge in [0.25, 0.3) is 5.91 Å². The molecule has 2 aromatic rings. The minimum absolute atomic E-state index is 0.0623. The Balaban J connectivity index is 1.62. The first-order chi connectivity index (χ1) is 12.7. The molecule has 0 spiro atoms. The van der Waals surface area contributed by atoms with Crippen LogP contribution in [0, 0.1) is 0 Å². The van der Waals surface area contributed by atoms with Crippen molar-refractivity contribution in [2.75, 3.05) is 38.6 Å². The van der Waals surface area contributed by atoms with Crippen molar-refractivity contribution in [2.24, 2.45) is 0 Å². The van der Waals surface area contributed by atoms with Crippen molar-refractivity contribution < 1.29 is 14.3 Å². The van der Waals surface area contributed by atoms with E-state index in [-0.39, 0.29) is 11.9 Å². The highest BCUT2D eigenvalue weighted by molar-refractivity contribution is 5.97. The zero-order chi connectivity index (χ0) is 18.4. The molecular weight excluding hydrogens is 330 g/mol. The van der Waals surface area contributed by atoms with Gasteiger partial charge in [-0.05, 0) is 30.7 Å². The van der Waals surface area contributed by atoms with Crippen molar-refractivity contribution in [1.29, 1.82) is 0 Å². The molecular formula is C20H23N3O3. The maximum Gasteiger partial charge on any atom is 0.321 e. The smallest absolute Gasteiger partial charge is 0.321 e. The maximum atomic E-state index is 12.8. The van der Waals surface area contributed by atoms with Crippen molar-refractivity contribution in [3.63, 3.8) is 0 Å². The summed E-state index contributed by atoms with van der Waals surface area (Å²) >= 11 is 0. The Bertz CT molecular complexity index is 764. The molecule has 2 aromatic carbocycles. The van der Waals surface area contributed by atoms with Crippen LogP contribution in [-0.2, 0) is 0 Å². The van der Waals surface area contributed by atoms with Crippen molar-refractivity contribution >= 4 is 17.6 Å². The van der Waals surface area contributed by atoms with E-state index in [9.17, 15) is 9.59 Å². The van der Waals surface area contributed by atoms with Crippen LogP contribution in [0.2, 0.25) is 0 Å². The van der Waals surface area contributed by atoms with Gasteiger partial charge < -0.3 is 19.9 Å². The van der Waals surface area contributed by atoms with E-state index < -0.39 is 0 Å². The highest BCUT2D eigenvalue weighted by Crippen LogP contribution is 2.20. The van der Waals surface area contributed by atoms with Crippen molar-refractivity contribution in [1.82, 2.24) is 9.80 Å². The van der Waals surface area contributed by atoms with Gasteiger partial charge in [0.15, 0.2) is 0 Å². The lowest BCUT2D eigenvalue weighted by Gasteiger charge is -2.23. The molecule has 0 radical (unpaired) electrons. The number of urea groups is 1. The molecule has 0 bridgehead atoms. The lowest BCUT2D eigenvalue weighted by molar-refractivity contribution is 0.0759. The molecule has 1 N–H and O–H groups in total. The number of anilines is 1. The average Bonchev–Trinajstić information content (AvgIpc) is 2.94. The molecule has 1 saturated heterocycles. The topological polar surface area (TPSA) is 61.9 Å². The Morgan fingerprint density at radius 2 is 1.54 bits per heavy atom. The molecule has 6 heteroatoms. The number of carbonyl (C=O) groups excluding carboxylic acids is 2. The Morgan fingerprint density at radius 1 is 0.885 bits per heavy atom. The van der Waals surface area contributed by atoms with Crippen molar-refractivity contribution in [3.8, 4) is 5.75 Å². The van der Waals surface area contributed by atoms with E-state index in [1.165, 1.54) is 0 Å². The van der Waals surface area contributed by atoms with Gasteiger partial charge in [0.1, 0.15) is 5.75 Å². The largest absolute Gasteiger partial charge is 0.496 e. The summed E-state index contributed by atoms with van der Waals surface area (Å²) in [6.45, 7) is 2.24. The Hall–Kier alpha value is -3.02. The molecule has 0 saturated carbocycles. The second-order valence-electron chi connectivity index (χ2n) is 6.13. The molecule has 6 nitrogen and oxygen atoms in total. The maximum absolute atomic E-state index is 12.8.